The van der Waals surface area contributed by atoms with Crippen molar-refractivity contribution in [2.24, 2.45) is 0 Å². The summed E-state index contributed by atoms with van der Waals surface area (Å²) in [6, 6.07) is 0. The summed E-state index contributed by atoms with van der Waals surface area (Å²) in [5, 5.41) is 14.5. The molecule has 1 rings (SSSR count). The highest BCUT2D eigenvalue weighted by Crippen LogP contribution is 2.15. The third kappa shape index (κ3) is 6.65. The minimum atomic E-state index is 0.0559. The molecule has 17 heavy (non-hydrogen) atoms. The molecule has 0 fully saturated rings. The first kappa shape index (κ1) is 14.5. The van der Waals surface area contributed by atoms with Gasteiger partial charge in [-0.15, -0.1) is 11.3 Å². The number of aliphatic hydroxyl groups excluding tert-OH is 1. The summed E-state index contributed by atoms with van der Waals surface area (Å²) in [7, 11) is 0. The minimum absolute atomic E-state index is 0.0559. The Hall–Kier alpha value is -0.590. The molecule has 2 N–H and O–H groups in total. The van der Waals surface area contributed by atoms with Gasteiger partial charge in [-0.2, -0.15) is 11.8 Å². The molecule has 0 aliphatic rings. The normalized spacial score (nSPS) is 10.5. The van der Waals surface area contributed by atoms with Crippen LogP contribution in [0.2, 0.25) is 0 Å². The van der Waals surface area contributed by atoms with E-state index in [1.807, 2.05) is 6.92 Å². The van der Waals surface area contributed by atoms with Gasteiger partial charge in [-0.25, -0.2) is 4.98 Å². The van der Waals surface area contributed by atoms with Crippen LogP contribution in [-0.4, -0.2) is 34.9 Å². The van der Waals surface area contributed by atoms with Crippen LogP contribution >= 0.6 is 23.1 Å². The van der Waals surface area contributed by atoms with E-state index in [2.05, 4.69) is 15.7 Å². The Morgan fingerprint density at radius 1 is 1.65 bits per heavy atom. The van der Waals surface area contributed by atoms with Crippen LogP contribution in [0.1, 0.15) is 23.5 Å². The van der Waals surface area contributed by atoms with E-state index in [0.29, 0.717) is 19.4 Å². The average molecular weight is 274 g/mol. The van der Waals surface area contributed by atoms with Gasteiger partial charge in [-0.3, -0.25) is 4.79 Å². The van der Waals surface area contributed by atoms with E-state index in [1.165, 1.54) is 0 Å². The van der Waals surface area contributed by atoms with Crippen LogP contribution in [0.15, 0.2) is 5.38 Å². The van der Waals surface area contributed by atoms with Gasteiger partial charge in [0.1, 0.15) is 0 Å². The van der Waals surface area contributed by atoms with E-state index in [4.69, 9.17) is 5.11 Å². The summed E-state index contributed by atoms with van der Waals surface area (Å²) in [4.78, 5) is 15.7. The zero-order chi connectivity index (χ0) is 12.5. The number of hydrogen-bond acceptors (Lipinski definition) is 5. The molecule has 0 atom stereocenters. The monoisotopic (exact) mass is 274 g/mol. The highest BCUT2D eigenvalue weighted by Gasteiger charge is 2.02. The molecule has 0 radical (unpaired) electrons. The molecular weight excluding hydrogens is 256 g/mol. The van der Waals surface area contributed by atoms with Crippen LogP contribution in [-0.2, 0) is 10.5 Å². The average Bonchev–Trinajstić information content (AvgIpc) is 2.71. The van der Waals surface area contributed by atoms with E-state index in [-0.39, 0.29) is 12.5 Å². The molecule has 0 aliphatic heterocycles. The summed E-state index contributed by atoms with van der Waals surface area (Å²) in [5.41, 5.74) is 1.10. The first-order valence-corrected chi connectivity index (χ1v) is 7.62. The first-order chi connectivity index (χ1) is 8.22. The zero-order valence-electron chi connectivity index (χ0n) is 9.94. The predicted molar refractivity (Wildman–Crippen MR) is 72.3 cm³/mol. The van der Waals surface area contributed by atoms with Crippen LogP contribution in [0.3, 0.4) is 0 Å². The number of rotatable bonds is 8. The molecule has 1 aromatic heterocycles. The van der Waals surface area contributed by atoms with Gasteiger partial charge in [-0.1, -0.05) is 0 Å². The van der Waals surface area contributed by atoms with Crippen molar-refractivity contribution < 1.29 is 9.90 Å². The fourth-order valence-electron chi connectivity index (χ4n) is 1.21. The lowest BCUT2D eigenvalue weighted by Crippen LogP contribution is -2.25. The van der Waals surface area contributed by atoms with Crippen LogP contribution in [0.4, 0.5) is 0 Å². The number of aliphatic hydroxyl groups is 1. The molecule has 1 heterocycles. The van der Waals surface area contributed by atoms with E-state index < -0.39 is 0 Å². The second-order valence-corrected chi connectivity index (χ2v) is 5.75. The first-order valence-electron chi connectivity index (χ1n) is 5.58. The maximum Gasteiger partial charge on any atom is 0.220 e. The molecule has 0 saturated heterocycles. The van der Waals surface area contributed by atoms with E-state index in [9.17, 15) is 4.79 Å². The number of nitrogens with zero attached hydrogens (tertiary/aromatic N) is 1. The van der Waals surface area contributed by atoms with Crippen molar-refractivity contribution in [3.05, 3.63) is 16.1 Å². The van der Waals surface area contributed by atoms with Crippen molar-refractivity contribution in [2.45, 2.75) is 25.5 Å². The molecule has 0 saturated carbocycles. The quantitative estimate of drug-likeness (QED) is 0.706. The predicted octanol–water partition coefficient (Wildman–Crippen LogP) is 1.57. The second-order valence-electron chi connectivity index (χ2n) is 3.59. The third-order valence-electron chi connectivity index (χ3n) is 2.05. The zero-order valence-corrected chi connectivity index (χ0v) is 11.6. The maximum absolute atomic E-state index is 11.3. The molecule has 0 spiro atoms. The summed E-state index contributed by atoms with van der Waals surface area (Å²) in [6.07, 6.45) is 1.15. The molecule has 6 heteroatoms. The summed E-state index contributed by atoms with van der Waals surface area (Å²) in [6.45, 7) is 2.68. The summed E-state index contributed by atoms with van der Waals surface area (Å²) in [5.74, 6) is 1.73. The number of hydrogen-bond donors (Lipinski definition) is 2. The Kier molecular flexibility index (Phi) is 7.23. The lowest BCUT2D eigenvalue weighted by molar-refractivity contribution is -0.120. The molecule has 0 aromatic carbocycles. The Morgan fingerprint density at radius 2 is 2.47 bits per heavy atom. The summed E-state index contributed by atoms with van der Waals surface area (Å²) < 4.78 is 0. The largest absolute Gasteiger partial charge is 0.396 e. The van der Waals surface area contributed by atoms with E-state index >= 15 is 0 Å². The molecule has 0 unspecified atom stereocenters. The Balaban J connectivity index is 2.02. The Bertz CT molecular complexity index is 342. The number of carbonyl (C=O) groups is 1. The number of aromatic nitrogens is 1. The number of thioether (sulfide) groups is 1. The number of thiazole rings is 1. The number of amides is 1. The van der Waals surface area contributed by atoms with Crippen molar-refractivity contribution in [3.8, 4) is 0 Å². The van der Waals surface area contributed by atoms with Crippen molar-refractivity contribution in [1.29, 1.82) is 0 Å². The van der Waals surface area contributed by atoms with Gasteiger partial charge >= 0.3 is 0 Å². The van der Waals surface area contributed by atoms with Crippen LogP contribution in [0.5, 0.6) is 0 Å². The van der Waals surface area contributed by atoms with Gasteiger partial charge in [0.05, 0.1) is 10.7 Å². The van der Waals surface area contributed by atoms with Crippen molar-refractivity contribution in [3.63, 3.8) is 0 Å². The van der Waals surface area contributed by atoms with Crippen LogP contribution in [0.25, 0.3) is 0 Å². The molecule has 1 amide bonds. The van der Waals surface area contributed by atoms with Crippen molar-refractivity contribution in [1.82, 2.24) is 10.3 Å². The lowest BCUT2D eigenvalue weighted by Gasteiger charge is -2.03. The highest BCUT2D eigenvalue weighted by atomic mass is 32.2. The van der Waals surface area contributed by atoms with Gasteiger partial charge < -0.3 is 10.4 Å². The third-order valence-corrected chi connectivity index (χ3v) is 3.86. The Labute approximate surface area is 110 Å². The molecule has 96 valence electrons. The minimum Gasteiger partial charge on any atom is -0.396 e. The topological polar surface area (TPSA) is 62.2 Å². The second kappa shape index (κ2) is 8.49. The smallest absolute Gasteiger partial charge is 0.220 e. The van der Waals surface area contributed by atoms with Crippen LogP contribution < -0.4 is 5.32 Å². The molecule has 1 aromatic rings. The van der Waals surface area contributed by atoms with Crippen LogP contribution in [0, 0.1) is 6.92 Å². The molecule has 0 aliphatic carbocycles. The lowest BCUT2D eigenvalue weighted by atomic mass is 10.4. The van der Waals surface area contributed by atoms with Gasteiger partial charge in [0.2, 0.25) is 5.91 Å². The van der Waals surface area contributed by atoms with E-state index in [1.54, 1.807) is 23.1 Å². The van der Waals surface area contributed by atoms with Gasteiger partial charge in [0.15, 0.2) is 0 Å². The van der Waals surface area contributed by atoms with Crippen molar-refractivity contribution >= 4 is 29.0 Å². The van der Waals surface area contributed by atoms with Crippen molar-refractivity contribution in [2.75, 3.05) is 18.9 Å². The fourth-order valence-corrected chi connectivity index (χ4v) is 2.76. The van der Waals surface area contributed by atoms with Gasteiger partial charge in [0.25, 0.3) is 0 Å². The highest BCUT2D eigenvalue weighted by molar-refractivity contribution is 7.98. The summed E-state index contributed by atoms with van der Waals surface area (Å²) >= 11 is 3.38. The van der Waals surface area contributed by atoms with Gasteiger partial charge in [0, 0.05) is 36.5 Å². The standard InChI is InChI=1S/C11H18N2O2S2/c1-9-13-10(8-17-9)7-16-6-3-11(15)12-4-2-5-14/h8,14H,2-7H2,1H3,(H,12,15). The SMILES string of the molecule is Cc1nc(CSCCC(=O)NCCCO)cs1. The van der Waals surface area contributed by atoms with E-state index in [0.717, 1.165) is 22.2 Å². The number of nitrogens with one attached hydrogen (secondary N) is 1. The number of aryl methyl sites for hydroxylation is 1. The Morgan fingerprint density at radius 3 is 3.12 bits per heavy atom. The fraction of sp³-hybridized carbons (Fsp3) is 0.636. The molecule has 0 bridgehead atoms. The maximum atomic E-state index is 11.3. The molecule has 4 nitrogen and oxygen atoms in total. The molecular formula is C11H18N2O2S2. The van der Waals surface area contributed by atoms with Gasteiger partial charge in [-0.05, 0) is 13.3 Å². The number of carbonyl (C=O) groups excluding carboxylic acids is 1.